The summed E-state index contributed by atoms with van der Waals surface area (Å²) in [5.74, 6) is 1.37. The molecule has 140 valence electrons. The van der Waals surface area contributed by atoms with Crippen LogP contribution in [-0.2, 0) is 6.54 Å². The van der Waals surface area contributed by atoms with Gasteiger partial charge >= 0.3 is 0 Å². The molecule has 0 aliphatic carbocycles. The highest BCUT2D eigenvalue weighted by molar-refractivity contribution is 5.94. The Morgan fingerprint density at radius 2 is 1.78 bits per heavy atom. The second kappa shape index (κ2) is 7.90. The minimum absolute atomic E-state index is 0.179. The monoisotopic (exact) mass is 367 g/mol. The number of aromatic nitrogens is 2. The molecular formula is C20H21N3O4. The first-order valence-electron chi connectivity index (χ1n) is 8.51. The molecule has 0 saturated carbocycles. The molecule has 1 aromatic heterocycles. The Kier molecular flexibility index (Phi) is 5.40. The first-order chi connectivity index (χ1) is 13.0. The summed E-state index contributed by atoms with van der Waals surface area (Å²) in [6.07, 6.45) is 0. The van der Waals surface area contributed by atoms with Crippen LogP contribution in [0.5, 0.6) is 11.5 Å². The Morgan fingerprint density at radius 1 is 1.11 bits per heavy atom. The van der Waals surface area contributed by atoms with Gasteiger partial charge in [-0.15, -0.1) is 0 Å². The van der Waals surface area contributed by atoms with Gasteiger partial charge in [-0.3, -0.25) is 14.2 Å². The molecule has 7 heteroatoms. The molecule has 0 atom stereocenters. The van der Waals surface area contributed by atoms with Crippen LogP contribution in [0.1, 0.15) is 16.2 Å². The lowest BCUT2D eigenvalue weighted by Crippen LogP contribution is -2.32. The Balaban J connectivity index is 1.84. The van der Waals surface area contributed by atoms with Crippen LogP contribution in [0, 0.1) is 6.92 Å². The predicted octanol–water partition coefficient (Wildman–Crippen LogP) is 2.15. The van der Waals surface area contributed by atoms with Crippen LogP contribution >= 0.6 is 0 Å². The quantitative estimate of drug-likeness (QED) is 0.722. The fourth-order valence-corrected chi connectivity index (χ4v) is 2.90. The molecule has 1 heterocycles. The summed E-state index contributed by atoms with van der Waals surface area (Å²) < 4.78 is 12.1. The van der Waals surface area contributed by atoms with Gasteiger partial charge in [0, 0.05) is 24.7 Å². The topological polar surface area (TPSA) is 82.5 Å². The van der Waals surface area contributed by atoms with Crippen molar-refractivity contribution < 1.29 is 14.3 Å². The standard InChI is InChI=1S/C20H21N3O4/c1-13-22-16-12-18(27-3)17(26-2)11-15(16)20(25)23(13)10-9-21-19(24)14-7-5-4-6-8-14/h4-8,11-12H,9-10H2,1-3H3,(H,21,24). The smallest absolute Gasteiger partial charge is 0.261 e. The molecule has 7 nitrogen and oxygen atoms in total. The first-order valence-corrected chi connectivity index (χ1v) is 8.51. The van der Waals surface area contributed by atoms with Crippen molar-refractivity contribution in [3.63, 3.8) is 0 Å². The highest BCUT2D eigenvalue weighted by atomic mass is 16.5. The second-order valence-corrected chi connectivity index (χ2v) is 5.96. The number of hydrogen-bond donors (Lipinski definition) is 1. The average Bonchev–Trinajstić information content (AvgIpc) is 2.70. The minimum atomic E-state index is -0.188. The van der Waals surface area contributed by atoms with E-state index in [0.717, 1.165) is 0 Å². The van der Waals surface area contributed by atoms with Crippen molar-refractivity contribution in [3.8, 4) is 11.5 Å². The summed E-state index contributed by atoms with van der Waals surface area (Å²) in [6, 6.07) is 12.3. The van der Waals surface area contributed by atoms with E-state index in [2.05, 4.69) is 10.3 Å². The number of fused-ring (bicyclic) bond motifs is 1. The summed E-state index contributed by atoms with van der Waals surface area (Å²) in [5, 5.41) is 3.26. The van der Waals surface area contributed by atoms with Crippen LogP contribution < -0.4 is 20.3 Å². The number of benzene rings is 2. The van der Waals surface area contributed by atoms with Gasteiger partial charge in [0.1, 0.15) is 5.82 Å². The lowest BCUT2D eigenvalue weighted by atomic mass is 10.2. The number of hydrogen-bond acceptors (Lipinski definition) is 5. The second-order valence-electron chi connectivity index (χ2n) is 5.96. The third kappa shape index (κ3) is 3.76. The van der Waals surface area contributed by atoms with Crippen LogP contribution in [0.2, 0.25) is 0 Å². The van der Waals surface area contributed by atoms with Crippen molar-refractivity contribution in [2.24, 2.45) is 0 Å². The number of carbonyl (C=O) groups is 1. The minimum Gasteiger partial charge on any atom is -0.493 e. The molecule has 0 spiro atoms. The molecule has 2 aromatic carbocycles. The lowest BCUT2D eigenvalue weighted by Gasteiger charge is -2.13. The van der Waals surface area contributed by atoms with E-state index in [1.807, 2.05) is 6.07 Å². The zero-order valence-corrected chi connectivity index (χ0v) is 15.5. The molecule has 1 amide bonds. The molecule has 0 bridgehead atoms. The van der Waals surface area contributed by atoms with E-state index >= 15 is 0 Å². The SMILES string of the molecule is COc1cc2nc(C)n(CCNC(=O)c3ccccc3)c(=O)c2cc1OC. The van der Waals surface area contributed by atoms with Gasteiger partial charge < -0.3 is 14.8 Å². The van der Waals surface area contributed by atoms with Crippen LogP contribution in [0.25, 0.3) is 10.9 Å². The van der Waals surface area contributed by atoms with E-state index in [0.29, 0.717) is 46.9 Å². The third-order valence-corrected chi connectivity index (χ3v) is 4.31. The largest absolute Gasteiger partial charge is 0.493 e. The van der Waals surface area contributed by atoms with Crippen LogP contribution in [-0.4, -0.2) is 36.2 Å². The molecule has 0 aliphatic rings. The average molecular weight is 367 g/mol. The van der Waals surface area contributed by atoms with Gasteiger partial charge in [0.2, 0.25) is 0 Å². The maximum absolute atomic E-state index is 12.9. The summed E-state index contributed by atoms with van der Waals surface area (Å²) in [6.45, 7) is 2.39. The van der Waals surface area contributed by atoms with E-state index < -0.39 is 0 Å². The molecule has 0 aliphatic heterocycles. The number of carbonyl (C=O) groups excluding carboxylic acids is 1. The number of rotatable bonds is 6. The van der Waals surface area contributed by atoms with E-state index in [1.165, 1.54) is 14.2 Å². The molecule has 3 aromatic rings. The van der Waals surface area contributed by atoms with Crippen molar-refractivity contribution in [2.75, 3.05) is 20.8 Å². The van der Waals surface area contributed by atoms with Gasteiger partial charge in [-0.25, -0.2) is 4.98 Å². The van der Waals surface area contributed by atoms with Crippen molar-refractivity contribution >= 4 is 16.8 Å². The predicted molar refractivity (Wildman–Crippen MR) is 103 cm³/mol. The summed E-state index contributed by atoms with van der Waals surface area (Å²) in [5.41, 5.74) is 0.933. The first kappa shape index (κ1) is 18.4. The van der Waals surface area contributed by atoms with E-state index in [9.17, 15) is 9.59 Å². The van der Waals surface area contributed by atoms with Gasteiger partial charge in [-0.1, -0.05) is 18.2 Å². The molecule has 0 radical (unpaired) electrons. The zero-order chi connectivity index (χ0) is 19.4. The molecule has 3 rings (SSSR count). The van der Waals surface area contributed by atoms with Crippen molar-refractivity contribution in [2.45, 2.75) is 13.5 Å². The van der Waals surface area contributed by atoms with Gasteiger partial charge in [-0.05, 0) is 25.1 Å². The third-order valence-electron chi connectivity index (χ3n) is 4.31. The highest BCUT2D eigenvalue weighted by Gasteiger charge is 2.13. The molecular weight excluding hydrogens is 346 g/mol. The normalized spacial score (nSPS) is 10.6. The fraction of sp³-hybridized carbons (Fsp3) is 0.250. The maximum atomic E-state index is 12.9. The van der Waals surface area contributed by atoms with E-state index in [4.69, 9.17) is 9.47 Å². The number of aryl methyl sites for hydroxylation is 1. The van der Waals surface area contributed by atoms with Crippen molar-refractivity contribution in [1.29, 1.82) is 0 Å². The number of ether oxygens (including phenoxy) is 2. The molecule has 0 fully saturated rings. The Labute approximate surface area is 156 Å². The molecule has 0 saturated heterocycles. The molecule has 27 heavy (non-hydrogen) atoms. The van der Waals surface area contributed by atoms with Gasteiger partial charge in [-0.2, -0.15) is 0 Å². The number of nitrogens with zero attached hydrogens (tertiary/aromatic N) is 2. The van der Waals surface area contributed by atoms with Gasteiger partial charge in [0.05, 0.1) is 25.1 Å². The Bertz CT molecular complexity index is 1030. The van der Waals surface area contributed by atoms with Crippen molar-refractivity contribution in [1.82, 2.24) is 14.9 Å². The van der Waals surface area contributed by atoms with Crippen LogP contribution in [0.3, 0.4) is 0 Å². The maximum Gasteiger partial charge on any atom is 0.261 e. The summed E-state index contributed by atoms with van der Waals surface area (Å²) >= 11 is 0. The van der Waals surface area contributed by atoms with E-state index in [1.54, 1.807) is 47.9 Å². The number of amides is 1. The lowest BCUT2D eigenvalue weighted by molar-refractivity contribution is 0.0952. The van der Waals surface area contributed by atoms with Crippen molar-refractivity contribution in [3.05, 3.63) is 64.2 Å². The van der Waals surface area contributed by atoms with Crippen LogP contribution in [0.15, 0.2) is 47.3 Å². The number of methoxy groups -OCH3 is 2. The number of nitrogens with one attached hydrogen (secondary N) is 1. The zero-order valence-electron chi connectivity index (χ0n) is 15.5. The van der Waals surface area contributed by atoms with Gasteiger partial charge in [0.25, 0.3) is 11.5 Å². The van der Waals surface area contributed by atoms with Crippen LogP contribution in [0.4, 0.5) is 0 Å². The highest BCUT2D eigenvalue weighted by Crippen LogP contribution is 2.30. The summed E-state index contributed by atoms with van der Waals surface area (Å²) in [4.78, 5) is 29.5. The Morgan fingerprint density at radius 3 is 2.44 bits per heavy atom. The molecule has 0 unspecified atom stereocenters. The van der Waals surface area contributed by atoms with E-state index in [-0.39, 0.29) is 11.5 Å². The van der Waals surface area contributed by atoms with Gasteiger partial charge in [0.15, 0.2) is 11.5 Å². The summed E-state index contributed by atoms with van der Waals surface area (Å²) in [7, 11) is 3.05. The fourth-order valence-electron chi connectivity index (χ4n) is 2.90. The Hall–Kier alpha value is -3.35. The molecule has 1 N–H and O–H groups in total.